The molecule has 3 rings (SSSR count). The first kappa shape index (κ1) is 17.0. The summed E-state index contributed by atoms with van der Waals surface area (Å²) in [6, 6.07) is 10.8. The summed E-state index contributed by atoms with van der Waals surface area (Å²) in [4.78, 5) is 8.39. The highest BCUT2D eigenvalue weighted by Crippen LogP contribution is 2.23. The minimum atomic E-state index is 0.795. The normalized spacial score (nSPS) is 15.2. The number of aryl methyl sites for hydroxylation is 1. The molecule has 1 aromatic heterocycles. The van der Waals surface area contributed by atoms with Crippen molar-refractivity contribution in [2.75, 3.05) is 26.7 Å². The highest BCUT2D eigenvalue weighted by molar-refractivity contribution is 7.10. The number of thiophene rings is 1. The second kappa shape index (κ2) is 8.31. The van der Waals surface area contributed by atoms with Crippen LogP contribution in [0.3, 0.4) is 0 Å². The molecule has 5 heteroatoms. The van der Waals surface area contributed by atoms with E-state index in [1.165, 1.54) is 23.1 Å². The molecule has 128 valence electrons. The summed E-state index contributed by atoms with van der Waals surface area (Å²) in [5.74, 6) is 0.865. The predicted octanol–water partition coefficient (Wildman–Crippen LogP) is 2.78. The van der Waals surface area contributed by atoms with Gasteiger partial charge < -0.3 is 10.6 Å². The van der Waals surface area contributed by atoms with Crippen molar-refractivity contribution in [1.82, 2.24) is 15.5 Å². The molecule has 24 heavy (non-hydrogen) atoms. The Morgan fingerprint density at radius 2 is 2.21 bits per heavy atom. The van der Waals surface area contributed by atoms with E-state index in [0.717, 1.165) is 38.7 Å². The maximum absolute atomic E-state index is 4.31. The standard InChI is InChI=1S/C19H26N4S/c1-15-4-3-5-16(12-15)13-22-19(20-2)21-8-10-23-9-6-18-17(14-23)7-11-24-18/h3-5,7,11-12H,6,8-10,13-14H2,1-2H3,(H2,20,21,22). The van der Waals surface area contributed by atoms with E-state index in [1.54, 1.807) is 4.88 Å². The maximum atomic E-state index is 4.31. The zero-order chi connectivity index (χ0) is 16.8. The SMILES string of the molecule is CN=C(NCCN1CCc2sccc2C1)NCc1cccc(C)c1. The van der Waals surface area contributed by atoms with Gasteiger partial charge in [0.1, 0.15) is 0 Å². The fraction of sp³-hybridized carbons (Fsp3) is 0.421. The maximum Gasteiger partial charge on any atom is 0.191 e. The van der Waals surface area contributed by atoms with Crippen molar-refractivity contribution in [2.45, 2.75) is 26.4 Å². The van der Waals surface area contributed by atoms with Crippen LogP contribution in [-0.4, -0.2) is 37.5 Å². The largest absolute Gasteiger partial charge is 0.355 e. The number of benzene rings is 1. The quantitative estimate of drug-likeness (QED) is 0.648. The Bertz CT molecular complexity index is 692. The van der Waals surface area contributed by atoms with Gasteiger partial charge in [-0.2, -0.15) is 0 Å². The van der Waals surface area contributed by atoms with Crippen LogP contribution in [-0.2, 0) is 19.5 Å². The number of fused-ring (bicyclic) bond motifs is 1. The van der Waals surface area contributed by atoms with Crippen molar-refractivity contribution >= 4 is 17.3 Å². The molecule has 1 aliphatic heterocycles. The first-order valence-corrected chi connectivity index (χ1v) is 9.40. The van der Waals surface area contributed by atoms with Crippen LogP contribution in [0.4, 0.5) is 0 Å². The lowest BCUT2D eigenvalue weighted by atomic mass is 10.1. The van der Waals surface area contributed by atoms with Crippen molar-refractivity contribution < 1.29 is 0 Å². The third-order valence-corrected chi connectivity index (χ3v) is 5.40. The minimum Gasteiger partial charge on any atom is -0.355 e. The summed E-state index contributed by atoms with van der Waals surface area (Å²) in [7, 11) is 1.82. The lowest BCUT2D eigenvalue weighted by molar-refractivity contribution is 0.260. The van der Waals surface area contributed by atoms with Gasteiger partial charge in [0.2, 0.25) is 0 Å². The molecule has 0 atom stereocenters. The third-order valence-electron chi connectivity index (χ3n) is 4.37. The Hall–Kier alpha value is -1.85. The minimum absolute atomic E-state index is 0.795. The van der Waals surface area contributed by atoms with Gasteiger partial charge in [-0.05, 0) is 35.9 Å². The lowest BCUT2D eigenvalue weighted by Crippen LogP contribution is -2.42. The fourth-order valence-electron chi connectivity index (χ4n) is 3.06. The van der Waals surface area contributed by atoms with E-state index in [0.29, 0.717) is 0 Å². The Morgan fingerprint density at radius 3 is 3.04 bits per heavy atom. The van der Waals surface area contributed by atoms with Crippen LogP contribution in [0.5, 0.6) is 0 Å². The smallest absolute Gasteiger partial charge is 0.191 e. The molecule has 1 aromatic carbocycles. The van der Waals surface area contributed by atoms with E-state index in [1.807, 2.05) is 18.4 Å². The van der Waals surface area contributed by atoms with Crippen molar-refractivity contribution in [2.24, 2.45) is 4.99 Å². The second-order valence-electron chi connectivity index (χ2n) is 6.24. The summed E-state index contributed by atoms with van der Waals surface area (Å²) in [6.07, 6.45) is 1.19. The number of nitrogens with zero attached hydrogens (tertiary/aromatic N) is 2. The summed E-state index contributed by atoms with van der Waals surface area (Å²) < 4.78 is 0. The first-order valence-electron chi connectivity index (χ1n) is 8.52. The number of aliphatic imine (C=N–C) groups is 1. The Morgan fingerprint density at radius 1 is 1.29 bits per heavy atom. The van der Waals surface area contributed by atoms with Crippen LogP contribution in [0.2, 0.25) is 0 Å². The second-order valence-corrected chi connectivity index (χ2v) is 7.24. The lowest BCUT2D eigenvalue weighted by Gasteiger charge is -2.27. The van der Waals surface area contributed by atoms with Crippen LogP contribution >= 0.6 is 11.3 Å². The molecule has 0 bridgehead atoms. The average molecular weight is 343 g/mol. The molecular formula is C19H26N4S. The van der Waals surface area contributed by atoms with Gasteiger partial charge in [0, 0.05) is 44.6 Å². The van der Waals surface area contributed by atoms with Crippen LogP contribution in [0.1, 0.15) is 21.6 Å². The molecule has 0 unspecified atom stereocenters. The van der Waals surface area contributed by atoms with E-state index in [9.17, 15) is 0 Å². The van der Waals surface area contributed by atoms with E-state index >= 15 is 0 Å². The van der Waals surface area contributed by atoms with Gasteiger partial charge in [0.15, 0.2) is 5.96 Å². The van der Waals surface area contributed by atoms with Gasteiger partial charge >= 0.3 is 0 Å². The molecule has 0 spiro atoms. The number of nitrogens with one attached hydrogen (secondary N) is 2. The number of hydrogen-bond acceptors (Lipinski definition) is 3. The van der Waals surface area contributed by atoms with E-state index in [4.69, 9.17) is 0 Å². The number of hydrogen-bond donors (Lipinski definition) is 2. The molecule has 2 aromatic rings. The monoisotopic (exact) mass is 342 g/mol. The first-order chi connectivity index (χ1) is 11.7. The Labute approximate surface area is 148 Å². The van der Waals surface area contributed by atoms with Crippen LogP contribution < -0.4 is 10.6 Å². The molecule has 0 saturated heterocycles. The summed E-state index contributed by atoms with van der Waals surface area (Å²) in [6.45, 7) is 7.10. The van der Waals surface area contributed by atoms with E-state index < -0.39 is 0 Å². The molecule has 0 fully saturated rings. The van der Waals surface area contributed by atoms with Gasteiger partial charge in [0.25, 0.3) is 0 Å². The topological polar surface area (TPSA) is 39.7 Å². The Balaban J connectivity index is 1.40. The molecule has 0 aliphatic carbocycles. The molecule has 2 N–H and O–H groups in total. The Kier molecular flexibility index (Phi) is 5.88. The zero-order valence-electron chi connectivity index (χ0n) is 14.5. The van der Waals surface area contributed by atoms with Gasteiger partial charge in [-0.3, -0.25) is 9.89 Å². The third kappa shape index (κ3) is 4.58. The van der Waals surface area contributed by atoms with Crippen LogP contribution in [0.25, 0.3) is 0 Å². The highest BCUT2D eigenvalue weighted by Gasteiger charge is 2.16. The van der Waals surface area contributed by atoms with Gasteiger partial charge in [-0.1, -0.05) is 29.8 Å². The van der Waals surface area contributed by atoms with Crippen molar-refractivity contribution in [3.05, 3.63) is 57.3 Å². The van der Waals surface area contributed by atoms with E-state index in [2.05, 4.69) is 63.2 Å². The van der Waals surface area contributed by atoms with Crippen molar-refractivity contribution in [3.63, 3.8) is 0 Å². The molecule has 0 saturated carbocycles. The van der Waals surface area contributed by atoms with Crippen molar-refractivity contribution in [1.29, 1.82) is 0 Å². The van der Waals surface area contributed by atoms with Gasteiger partial charge in [0.05, 0.1) is 0 Å². The fourth-order valence-corrected chi connectivity index (χ4v) is 3.95. The number of rotatable bonds is 5. The molecule has 0 amide bonds. The van der Waals surface area contributed by atoms with E-state index in [-0.39, 0.29) is 0 Å². The summed E-state index contributed by atoms with van der Waals surface area (Å²) >= 11 is 1.89. The van der Waals surface area contributed by atoms with Crippen LogP contribution in [0.15, 0.2) is 40.7 Å². The number of guanidine groups is 1. The van der Waals surface area contributed by atoms with Gasteiger partial charge in [-0.15, -0.1) is 11.3 Å². The molecular weight excluding hydrogens is 316 g/mol. The molecule has 4 nitrogen and oxygen atoms in total. The molecule has 0 radical (unpaired) electrons. The summed E-state index contributed by atoms with van der Waals surface area (Å²) in [5.41, 5.74) is 4.07. The molecule has 2 heterocycles. The average Bonchev–Trinajstić information content (AvgIpc) is 3.05. The predicted molar refractivity (Wildman–Crippen MR) is 103 cm³/mol. The molecule has 1 aliphatic rings. The van der Waals surface area contributed by atoms with Gasteiger partial charge in [-0.25, -0.2) is 0 Å². The van der Waals surface area contributed by atoms with Crippen LogP contribution in [0, 0.1) is 6.92 Å². The highest BCUT2D eigenvalue weighted by atomic mass is 32.1. The summed E-state index contributed by atoms with van der Waals surface area (Å²) in [5, 5.41) is 9.02. The zero-order valence-corrected chi connectivity index (χ0v) is 15.3. The van der Waals surface area contributed by atoms with Crippen molar-refractivity contribution in [3.8, 4) is 0 Å².